The molecule has 1 saturated heterocycles. The number of hydrogen-bond donors (Lipinski definition) is 0. The molecule has 0 saturated carbocycles. The molecule has 7 nitrogen and oxygen atoms in total. The number of benzene rings is 1. The second-order valence-electron chi connectivity index (χ2n) is 7.23. The monoisotopic (exact) mass is 376 g/mol. The fraction of sp³-hybridized carbons (Fsp3) is 0.333. The van der Waals surface area contributed by atoms with Crippen molar-refractivity contribution in [2.75, 3.05) is 31.1 Å². The molecular weight excluding hydrogens is 352 g/mol. The van der Waals surface area contributed by atoms with Crippen LogP contribution in [-0.4, -0.2) is 56.5 Å². The molecule has 1 fully saturated rings. The molecule has 2 aromatic heterocycles. The summed E-state index contributed by atoms with van der Waals surface area (Å²) >= 11 is 0. The highest BCUT2D eigenvalue weighted by molar-refractivity contribution is 5.94. The van der Waals surface area contributed by atoms with Crippen LogP contribution >= 0.6 is 0 Å². The van der Waals surface area contributed by atoms with Gasteiger partial charge in [0.1, 0.15) is 23.8 Å². The minimum Gasteiger partial charge on any atom is -0.353 e. The van der Waals surface area contributed by atoms with Crippen molar-refractivity contribution >= 4 is 11.7 Å². The van der Waals surface area contributed by atoms with Crippen LogP contribution in [0.25, 0.3) is 5.82 Å². The fourth-order valence-electron chi connectivity index (χ4n) is 3.68. The lowest BCUT2D eigenvalue weighted by Crippen LogP contribution is -2.49. The zero-order chi connectivity index (χ0) is 19.7. The average Bonchev–Trinajstić information content (AvgIpc) is 3.13. The molecule has 144 valence electrons. The number of aryl methyl sites for hydroxylation is 3. The molecule has 0 atom stereocenters. The quantitative estimate of drug-likeness (QED) is 0.703. The van der Waals surface area contributed by atoms with Gasteiger partial charge in [-0.05, 0) is 32.9 Å². The Kier molecular flexibility index (Phi) is 4.81. The lowest BCUT2D eigenvalue weighted by atomic mass is 10.1. The third kappa shape index (κ3) is 3.60. The van der Waals surface area contributed by atoms with E-state index in [1.807, 2.05) is 54.6 Å². The standard InChI is InChI=1S/C21H24N6O/c1-15-10-16(2)12-18(11-15)21(28)26-8-6-25(7-9-26)19-13-20(24-14-23-19)27-5-4-22-17(27)3/h4-5,10-14H,6-9H2,1-3H3. The molecule has 0 spiro atoms. The van der Waals surface area contributed by atoms with E-state index >= 15 is 0 Å². The Balaban J connectivity index is 1.46. The van der Waals surface area contributed by atoms with E-state index in [4.69, 9.17) is 0 Å². The van der Waals surface area contributed by atoms with Crippen LogP contribution in [0.3, 0.4) is 0 Å². The highest BCUT2D eigenvalue weighted by atomic mass is 16.2. The van der Waals surface area contributed by atoms with Crippen molar-refractivity contribution in [2.45, 2.75) is 20.8 Å². The van der Waals surface area contributed by atoms with Gasteiger partial charge in [-0.15, -0.1) is 0 Å². The molecule has 1 aliphatic heterocycles. The molecule has 3 aromatic rings. The molecule has 3 heterocycles. The highest BCUT2D eigenvalue weighted by Crippen LogP contribution is 2.18. The van der Waals surface area contributed by atoms with Crippen molar-refractivity contribution in [1.29, 1.82) is 0 Å². The molecule has 1 amide bonds. The van der Waals surface area contributed by atoms with Crippen LogP contribution in [0.15, 0.2) is 43.0 Å². The van der Waals surface area contributed by atoms with Crippen LogP contribution in [0.2, 0.25) is 0 Å². The van der Waals surface area contributed by atoms with Gasteiger partial charge in [0.25, 0.3) is 5.91 Å². The van der Waals surface area contributed by atoms with E-state index in [9.17, 15) is 4.79 Å². The number of anilines is 1. The number of imidazole rings is 1. The molecule has 28 heavy (non-hydrogen) atoms. The molecule has 1 aromatic carbocycles. The van der Waals surface area contributed by atoms with Gasteiger partial charge in [0.05, 0.1) is 0 Å². The Bertz CT molecular complexity index is 983. The van der Waals surface area contributed by atoms with Gasteiger partial charge < -0.3 is 9.80 Å². The minimum absolute atomic E-state index is 0.101. The van der Waals surface area contributed by atoms with Crippen LogP contribution < -0.4 is 4.90 Å². The summed E-state index contributed by atoms with van der Waals surface area (Å²) in [5.74, 6) is 2.66. The molecule has 4 rings (SSSR count). The molecule has 0 bridgehead atoms. The lowest BCUT2D eigenvalue weighted by molar-refractivity contribution is 0.0746. The first-order valence-electron chi connectivity index (χ1n) is 9.46. The maximum absolute atomic E-state index is 12.9. The van der Waals surface area contributed by atoms with Gasteiger partial charge in [0.2, 0.25) is 0 Å². The molecule has 0 radical (unpaired) electrons. The van der Waals surface area contributed by atoms with Crippen molar-refractivity contribution in [2.24, 2.45) is 0 Å². The number of piperazine rings is 1. The van der Waals surface area contributed by atoms with Crippen molar-refractivity contribution in [1.82, 2.24) is 24.4 Å². The number of aromatic nitrogens is 4. The third-order valence-corrected chi connectivity index (χ3v) is 5.07. The SMILES string of the molecule is Cc1cc(C)cc(C(=O)N2CCN(c3cc(-n4ccnc4C)ncn3)CC2)c1. The first kappa shape index (κ1) is 18.2. The molecule has 0 aliphatic carbocycles. The summed E-state index contributed by atoms with van der Waals surface area (Å²) in [5, 5.41) is 0. The van der Waals surface area contributed by atoms with E-state index in [0.29, 0.717) is 13.1 Å². The zero-order valence-electron chi connectivity index (χ0n) is 16.5. The molecule has 1 aliphatic rings. The van der Waals surface area contributed by atoms with E-state index in [1.165, 1.54) is 0 Å². The van der Waals surface area contributed by atoms with Crippen molar-refractivity contribution in [3.05, 3.63) is 65.5 Å². The predicted octanol–water partition coefficient (Wildman–Crippen LogP) is 2.55. The van der Waals surface area contributed by atoms with E-state index < -0.39 is 0 Å². The van der Waals surface area contributed by atoms with Crippen LogP contribution in [0.4, 0.5) is 5.82 Å². The molecule has 0 N–H and O–H groups in total. The first-order valence-corrected chi connectivity index (χ1v) is 9.46. The number of nitrogens with zero attached hydrogens (tertiary/aromatic N) is 6. The smallest absolute Gasteiger partial charge is 0.253 e. The van der Waals surface area contributed by atoms with Crippen molar-refractivity contribution < 1.29 is 4.79 Å². The molecular formula is C21H24N6O. The van der Waals surface area contributed by atoms with E-state index in [1.54, 1.807) is 12.5 Å². The Morgan fingerprint density at radius 1 is 0.857 bits per heavy atom. The number of carbonyl (C=O) groups is 1. The summed E-state index contributed by atoms with van der Waals surface area (Å²) in [6, 6.07) is 7.98. The van der Waals surface area contributed by atoms with E-state index in [2.05, 4.69) is 25.9 Å². The Hall–Kier alpha value is -3.22. The van der Waals surface area contributed by atoms with Crippen LogP contribution in [0.1, 0.15) is 27.3 Å². The normalized spacial score (nSPS) is 14.4. The van der Waals surface area contributed by atoms with Crippen molar-refractivity contribution in [3.8, 4) is 5.82 Å². The predicted molar refractivity (Wildman–Crippen MR) is 108 cm³/mol. The highest BCUT2D eigenvalue weighted by Gasteiger charge is 2.23. The second kappa shape index (κ2) is 7.42. The summed E-state index contributed by atoms with van der Waals surface area (Å²) in [6.45, 7) is 8.84. The number of hydrogen-bond acceptors (Lipinski definition) is 5. The summed E-state index contributed by atoms with van der Waals surface area (Å²) in [4.78, 5) is 30.0. The van der Waals surface area contributed by atoms with Gasteiger partial charge in [0, 0.05) is 50.2 Å². The average molecular weight is 376 g/mol. The van der Waals surface area contributed by atoms with Gasteiger partial charge in [-0.3, -0.25) is 9.36 Å². The van der Waals surface area contributed by atoms with Crippen molar-refractivity contribution in [3.63, 3.8) is 0 Å². The van der Waals surface area contributed by atoms with Gasteiger partial charge in [-0.1, -0.05) is 17.2 Å². The zero-order valence-corrected chi connectivity index (χ0v) is 16.5. The summed E-state index contributed by atoms with van der Waals surface area (Å²) in [6.07, 6.45) is 5.23. The molecule has 7 heteroatoms. The van der Waals surface area contributed by atoms with E-state index in [-0.39, 0.29) is 5.91 Å². The van der Waals surface area contributed by atoms with Crippen LogP contribution in [0.5, 0.6) is 0 Å². The maximum Gasteiger partial charge on any atom is 0.253 e. The fourth-order valence-corrected chi connectivity index (χ4v) is 3.68. The Labute approximate surface area is 164 Å². The Morgan fingerprint density at radius 3 is 2.18 bits per heavy atom. The summed E-state index contributed by atoms with van der Waals surface area (Å²) < 4.78 is 1.94. The second-order valence-corrected chi connectivity index (χ2v) is 7.23. The summed E-state index contributed by atoms with van der Waals surface area (Å²) in [5.41, 5.74) is 3.00. The van der Waals surface area contributed by atoms with Crippen LogP contribution in [0, 0.1) is 20.8 Å². The third-order valence-electron chi connectivity index (χ3n) is 5.07. The van der Waals surface area contributed by atoms with Gasteiger partial charge in [0.15, 0.2) is 0 Å². The van der Waals surface area contributed by atoms with E-state index in [0.717, 1.165) is 47.2 Å². The Morgan fingerprint density at radius 2 is 1.54 bits per heavy atom. The van der Waals surface area contributed by atoms with Gasteiger partial charge >= 0.3 is 0 Å². The number of rotatable bonds is 3. The number of amides is 1. The topological polar surface area (TPSA) is 67.2 Å². The lowest BCUT2D eigenvalue weighted by Gasteiger charge is -2.35. The summed E-state index contributed by atoms with van der Waals surface area (Å²) in [7, 11) is 0. The van der Waals surface area contributed by atoms with Gasteiger partial charge in [-0.25, -0.2) is 15.0 Å². The first-order chi connectivity index (χ1) is 13.5. The number of carbonyl (C=O) groups excluding carboxylic acids is 1. The minimum atomic E-state index is 0.101. The largest absolute Gasteiger partial charge is 0.353 e. The van der Waals surface area contributed by atoms with Crippen LogP contribution in [-0.2, 0) is 0 Å². The molecule has 0 unspecified atom stereocenters. The van der Waals surface area contributed by atoms with Gasteiger partial charge in [-0.2, -0.15) is 0 Å². The maximum atomic E-state index is 12.9.